The van der Waals surface area contributed by atoms with Gasteiger partial charge in [0.2, 0.25) is 0 Å². The van der Waals surface area contributed by atoms with Gasteiger partial charge in [-0.25, -0.2) is 0 Å². The van der Waals surface area contributed by atoms with Gasteiger partial charge in [0.25, 0.3) is 0 Å². The number of hydrogen-bond donors (Lipinski definition) is 0. The van der Waals surface area contributed by atoms with E-state index in [0.29, 0.717) is 0 Å². The van der Waals surface area contributed by atoms with E-state index in [1.54, 1.807) is 5.79 Å². The van der Waals surface area contributed by atoms with Crippen LogP contribution in [0.4, 0.5) is 0 Å². The van der Waals surface area contributed by atoms with Crippen molar-refractivity contribution in [3.63, 3.8) is 0 Å². The zero-order valence-corrected chi connectivity index (χ0v) is 20.5. The number of thiophene rings is 2. The predicted molar refractivity (Wildman–Crippen MR) is 103 cm³/mol. The van der Waals surface area contributed by atoms with Crippen LogP contribution in [-0.2, 0) is 0 Å². The van der Waals surface area contributed by atoms with E-state index in [9.17, 15) is 0 Å². The zero-order chi connectivity index (χ0) is 14.7. The van der Waals surface area contributed by atoms with Crippen LogP contribution in [0.25, 0.3) is 20.2 Å². The Morgan fingerprint density at radius 3 is 1.25 bits per heavy atom. The fourth-order valence-corrected chi connectivity index (χ4v) is 15.1. The van der Waals surface area contributed by atoms with Crippen molar-refractivity contribution in [3.8, 4) is 0 Å². The molecule has 0 fully saturated rings. The van der Waals surface area contributed by atoms with Crippen LogP contribution in [0, 0.1) is 0 Å². The molecule has 0 saturated heterocycles. The number of rotatable bonds is 2. The zero-order valence-electron chi connectivity index (χ0n) is 13.1. The molecule has 0 unspecified atom stereocenters. The average Bonchev–Trinajstić information content (AvgIpc) is 2.85. The van der Waals surface area contributed by atoms with Crippen molar-refractivity contribution in [2.75, 3.05) is 0 Å². The average molecular weight is 516 g/mol. The molecule has 20 heavy (non-hydrogen) atoms. The van der Waals surface area contributed by atoms with Gasteiger partial charge in [0.15, 0.2) is 0 Å². The molecular weight excluding hydrogens is 494 g/mol. The maximum absolute atomic E-state index is 2.51. The summed E-state index contributed by atoms with van der Waals surface area (Å²) < 4.78 is 6.38. The Hall–Kier alpha value is 0.737. The summed E-state index contributed by atoms with van der Waals surface area (Å²) >= 11 is 0.273. The summed E-state index contributed by atoms with van der Waals surface area (Å²) in [6, 6.07) is 9.84. The van der Waals surface area contributed by atoms with Gasteiger partial charge in [0, 0.05) is 0 Å². The minimum atomic E-state index is -1.91. The summed E-state index contributed by atoms with van der Waals surface area (Å²) in [5, 5.41) is 2.95. The standard InChI is InChI=1S/C10H4S2.6CH3.2Sn/c1-3-11-9-6-8-2-4-12-10(8)5-7(1)9;;;;;;;;/h1-2,5-6H;6*1H3;;. The molecule has 0 aliphatic heterocycles. The molecule has 106 valence electrons. The van der Waals surface area contributed by atoms with Crippen LogP contribution in [0.2, 0.25) is 29.6 Å². The predicted octanol–water partition coefficient (Wildman–Crippen LogP) is 5.21. The third kappa shape index (κ3) is 2.95. The molecule has 3 aromatic rings. The number of hydrogen-bond acceptors (Lipinski definition) is 2. The van der Waals surface area contributed by atoms with Crippen LogP contribution in [-0.4, -0.2) is 36.8 Å². The first-order valence-electron chi connectivity index (χ1n) is 7.13. The molecule has 0 radical (unpaired) electrons. The van der Waals surface area contributed by atoms with Crippen LogP contribution >= 0.6 is 22.7 Å². The van der Waals surface area contributed by atoms with Gasteiger partial charge in [-0.15, -0.1) is 0 Å². The summed E-state index contributed by atoms with van der Waals surface area (Å²) in [5.74, 6) is 0. The maximum atomic E-state index is 2.51. The molecular formula is C16H22S2Sn2. The van der Waals surface area contributed by atoms with Crippen molar-refractivity contribution in [3.05, 3.63) is 24.3 Å². The van der Waals surface area contributed by atoms with Gasteiger partial charge >= 0.3 is 139 Å². The fraction of sp³-hybridized carbons (Fsp3) is 0.375. The van der Waals surface area contributed by atoms with Gasteiger partial charge in [-0.1, -0.05) is 0 Å². The molecule has 0 atom stereocenters. The second-order valence-corrected chi connectivity index (χ2v) is 40.6. The second-order valence-electron chi connectivity index (χ2n) is 7.65. The molecule has 0 bridgehead atoms. The molecule has 0 N–H and O–H groups in total. The summed E-state index contributed by atoms with van der Waals surface area (Å²) in [6.07, 6.45) is 0. The van der Waals surface area contributed by atoms with Gasteiger partial charge in [-0.3, -0.25) is 0 Å². The molecule has 4 heteroatoms. The van der Waals surface area contributed by atoms with Crippen molar-refractivity contribution in [1.82, 2.24) is 0 Å². The van der Waals surface area contributed by atoms with E-state index in [1.807, 2.05) is 0 Å². The molecule has 0 spiro atoms. The second kappa shape index (κ2) is 5.13. The van der Waals surface area contributed by atoms with Gasteiger partial charge in [-0.2, -0.15) is 0 Å². The van der Waals surface area contributed by atoms with E-state index < -0.39 is 36.8 Å². The van der Waals surface area contributed by atoms with Crippen molar-refractivity contribution < 1.29 is 0 Å². The Balaban J connectivity index is 2.20. The van der Waals surface area contributed by atoms with Gasteiger partial charge in [0.1, 0.15) is 0 Å². The Kier molecular flexibility index (Phi) is 4.01. The Morgan fingerprint density at radius 2 is 0.950 bits per heavy atom. The van der Waals surface area contributed by atoms with E-state index >= 15 is 0 Å². The fourth-order valence-electron chi connectivity index (χ4n) is 2.31. The molecule has 0 amide bonds. The van der Waals surface area contributed by atoms with Crippen LogP contribution < -0.4 is 5.79 Å². The summed E-state index contributed by atoms with van der Waals surface area (Å²) in [6.45, 7) is 0. The molecule has 0 aliphatic rings. The summed E-state index contributed by atoms with van der Waals surface area (Å²) in [4.78, 5) is 15.0. The topological polar surface area (TPSA) is 0 Å². The van der Waals surface area contributed by atoms with Gasteiger partial charge < -0.3 is 0 Å². The van der Waals surface area contributed by atoms with Crippen molar-refractivity contribution in [2.24, 2.45) is 0 Å². The summed E-state index contributed by atoms with van der Waals surface area (Å²) in [5.41, 5.74) is 0. The molecule has 0 nitrogen and oxygen atoms in total. The molecule has 0 aliphatic carbocycles. The third-order valence-corrected chi connectivity index (χ3v) is 24.7. The molecule has 3 rings (SSSR count). The van der Waals surface area contributed by atoms with Crippen molar-refractivity contribution >= 4 is 85.4 Å². The third-order valence-electron chi connectivity index (χ3n) is 3.63. The minimum absolute atomic E-state index is 1.47. The van der Waals surface area contributed by atoms with Gasteiger partial charge in [0.05, 0.1) is 0 Å². The van der Waals surface area contributed by atoms with Crippen LogP contribution in [0.15, 0.2) is 24.3 Å². The monoisotopic (exact) mass is 518 g/mol. The van der Waals surface area contributed by atoms with E-state index in [4.69, 9.17) is 0 Å². The SMILES string of the molecule is [CH3][Sn]([CH3])([CH3])[c]1cc2cc3s[c]([Sn]([CH3])([CH3])[CH3])cc3cc2s1. The van der Waals surface area contributed by atoms with Crippen LogP contribution in [0.3, 0.4) is 0 Å². The first kappa shape index (κ1) is 15.6. The Morgan fingerprint density at radius 1 is 0.600 bits per heavy atom. The normalized spacial score (nSPS) is 13.5. The van der Waals surface area contributed by atoms with E-state index in [1.165, 1.54) is 20.2 Å². The van der Waals surface area contributed by atoms with Crippen molar-refractivity contribution in [1.29, 1.82) is 0 Å². The Bertz CT molecular complexity index is 668. The van der Waals surface area contributed by atoms with Gasteiger partial charge in [-0.05, 0) is 0 Å². The first-order chi connectivity index (χ1) is 9.14. The molecule has 2 heterocycles. The molecule has 2 aromatic heterocycles. The first-order valence-corrected chi connectivity index (χ1v) is 28.7. The van der Waals surface area contributed by atoms with E-state index in [0.717, 1.165) is 0 Å². The van der Waals surface area contributed by atoms with E-state index in [2.05, 4.69) is 76.6 Å². The van der Waals surface area contributed by atoms with Crippen LogP contribution in [0.1, 0.15) is 0 Å². The van der Waals surface area contributed by atoms with Crippen molar-refractivity contribution in [2.45, 2.75) is 29.6 Å². The quantitative estimate of drug-likeness (QED) is 0.411. The van der Waals surface area contributed by atoms with Crippen LogP contribution in [0.5, 0.6) is 0 Å². The Labute approximate surface area is 137 Å². The molecule has 0 saturated carbocycles. The number of benzene rings is 1. The van der Waals surface area contributed by atoms with E-state index in [-0.39, 0.29) is 0 Å². The molecule has 1 aromatic carbocycles. The summed E-state index contributed by atoms with van der Waals surface area (Å²) in [7, 11) is 0. The number of fused-ring (bicyclic) bond motifs is 2.